The summed E-state index contributed by atoms with van der Waals surface area (Å²) in [6.45, 7) is 4.91. The van der Waals surface area contributed by atoms with Crippen molar-refractivity contribution in [1.82, 2.24) is 15.0 Å². The van der Waals surface area contributed by atoms with E-state index in [9.17, 15) is 14.4 Å². The lowest BCUT2D eigenvalue weighted by molar-refractivity contribution is -0.115. The molecule has 4 rings (SSSR count). The van der Waals surface area contributed by atoms with Crippen molar-refractivity contribution in [1.29, 1.82) is 0 Å². The van der Waals surface area contributed by atoms with Crippen LogP contribution < -0.4 is 5.32 Å². The van der Waals surface area contributed by atoms with Crippen LogP contribution in [0.2, 0.25) is 0 Å². The van der Waals surface area contributed by atoms with Gasteiger partial charge in [0.1, 0.15) is 11.5 Å². The number of H-pyrrole nitrogens is 1. The van der Waals surface area contributed by atoms with Gasteiger partial charge in [0.25, 0.3) is 5.91 Å². The third-order valence-electron chi connectivity index (χ3n) is 5.62. The Labute approximate surface area is 191 Å². The molecule has 33 heavy (non-hydrogen) atoms. The molecule has 1 aromatic carbocycles. The summed E-state index contributed by atoms with van der Waals surface area (Å²) in [5, 5.41) is 7.08. The number of ether oxygens (including phenoxy) is 1. The van der Waals surface area contributed by atoms with Gasteiger partial charge >= 0.3 is 0 Å². The standard InChI is InChI=1S/C24H26N4O5/c1-14(2)23-22(15-4-5-18-16(10-15)11-21(30)26-18)20(27-33-23)13-32-9-8-28(3)24(31)17-6-7-25-19(17)12-29/h4-7,10,12,14,25H,8-9,11,13H2,1-3H3,(H,26,30). The number of benzene rings is 1. The molecule has 0 bridgehead atoms. The molecule has 0 unspecified atom stereocenters. The molecule has 9 nitrogen and oxygen atoms in total. The molecular weight excluding hydrogens is 424 g/mol. The lowest BCUT2D eigenvalue weighted by Gasteiger charge is -2.17. The molecule has 0 radical (unpaired) electrons. The van der Waals surface area contributed by atoms with Crippen molar-refractivity contribution in [3.05, 3.63) is 58.7 Å². The lowest BCUT2D eigenvalue weighted by atomic mass is 9.96. The molecule has 9 heteroatoms. The van der Waals surface area contributed by atoms with Crippen LogP contribution in [0.5, 0.6) is 0 Å². The number of rotatable bonds is 9. The second kappa shape index (κ2) is 9.41. The summed E-state index contributed by atoms with van der Waals surface area (Å²) in [6.07, 6.45) is 2.54. The van der Waals surface area contributed by atoms with Crippen molar-refractivity contribution < 1.29 is 23.6 Å². The number of aromatic amines is 1. The van der Waals surface area contributed by atoms with Crippen LogP contribution in [0.15, 0.2) is 35.0 Å². The van der Waals surface area contributed by atoms with E-state index in [1.807, 2.05) is 32.0 Å². The van der Waals surface area contributed by atoms with Crippen molar-refractivity contribution in [2.24, 2.45) is 0 Å². The largest absolute Gasteiger partial charge is 0.373 e. The minimum absolute atomic E-state index is 0.0151. The van der Waals surface area contributed by atoms with E-state index in [1.165, 1.54) is 4.90 Å². The molecule has 0 saturated heterocycles. The van der Waals surface area contributed by atoms with Crippen molar-refractivity contribution in [2.75, 3.05) is 25.5 Å². The van der Waals surface area contributed by atoms with Gasteiger partial charge in [-0.3, -0.25) is 14.4 Å². The fraction of sp³-hybridized carbons (Fsp3) is 0.333. The number of hydrogen-bond acceptors (Lipinski definition) is 6. The first-order valence-electron chi connectivity index (χ1n) is 10.8. The highest BCUT2D eigenvalue weighted by Gasteiger charge is 2.24. The fourth-order valence-corrected chi connectivity index (χ4v) is 3.87. The van der Waals surface area contributed by atoms with Crippen molar-refractivity contribution in [3.8, 4) is 11.1 Å². The molecule has 3 aromatic rings. The number of anilines is 1. The maximum absolute atomic E-state index is 12.5. The lowest BCUT2D eigenvalue weighted by Crippen LogP contribution is -2.30. The summed E-state index contributed by atoms with van der Waals surface area (Å²) in [7, 11) is 1.66. The number of carbonyl (C=O) groups is 3. The van der Waals surface area contributed by atoms with E-state index in [0.717, 1.165) is 28.1 Å². The molecule has 1 aliphatic heterocycles. The summed E-state index contributed by atoms with van der Waals surface area (Å²) in [6, 6.07) is 7.41. The molecule has 1 aliphatic rings. The quantitative estimate of drug-likeness (QED) is 0.381. The molecule has 3 heterocycles. The van der Waals surface area contributed by atoms with Crippen molar-refractivity contribution in [2.45, 2.75) is 32.8 Å². The number of aldehydes is 1. The van der Waals surface area contributed by atoms with E-state index in [2.05, 4.69) is 15.5 Å². The van der Waals surface area contributed by atoms with E-state index in [-0.39, 0.29) is 36.6 Å². The van der Waals surface area contributed by atoms with E-state index in [1.54, 1.807) is 19.3 Å². The predicted molar refractivity (Wildman–Crippen MR) is 121 cm³/mol. The highest BCUT2D eigenvalue weighted by molar-refractivity contribution is 6.01. The first-order valence-corrected chi connectivity index (χ1v) is 10.8. The van der Waals surface area contributed by atoms with Crippen LogP contribution in [-0.4, -0.2) is 53.3 Å². The highest BCUT2D eigenvalue weighted by Crippen LogP contribution is 2.36. The average Bonchev–Trinajstić information content (AvgIpc) is 3.52. The zero-order valence-corrected chi connectivity index (χ0v) is 18.8. The fourth-order valence-electron chi connectivity index (χ4n) is 3.87. The molecule has 0 saturated carbocycles. The average molecular weight is 450 g/mol. The Morgan fingerprint density at radius 2 is 2.15 bits per heavy atom. The van der Waals surface area contributed by atoms with Gasteiger partial charge in [-0.15, -0.1) is 0 Å². The van der Waals surface area contributed by atoms with Crippen LogP contribution in [-0.2, 0) is 22.6 Å². The van der Waals surface area contributed by atoms with Crippen molar-refractivity contribution >= 4 is 23.8 Å². The second-order valence-corrected chi connectivity index (χ2v) is 8.32. The normalized spacial score (nSPS) is 12.7. The maximum atomic E-state index is 12.5. The number of nitrogens with zero attached hydrogens (tertiary/aromatic N) is 2. The first kappa shape index (κ1) is 22.5. The maximum Gasteiger partial charge on any atom is 0.255 e. The van der Waals surface area contributed by atoms with Crippen LogP contribution in [0, 0.1) is 0 Å². The highest BCUT2D eigenvalue weighted by atomic mass is 16.5. The van der Waals surface area contributed by atoms with Gasteiger partial charge in [0, 0.05) is 31.4 Å². The zero-order valence-electron chi connectivity index (χ0n) is 18.8. The first-order chi connectivity index (χ1) is 15.9. The monoisotopic (exact) mass is 450 g/mol. The molecule has 2 amide bonds. The Bertz CT molecular complexity index is 1190. The number of amides is 2. The van der Waals surface area contributed by atoms with Gasteiger partial charge in [-0.2, -0.15) is 0 Å². The van der Waals surface area contributed by atoms with Crippen LogP contribution >= 0.6 is 0 Å². The Morgan fingerprint density at radius 3 is 2.91 bits per heavy atom. The third-order valence-corrected chi connectivity index (χ3v) is 5.62. The molecule has 2 N–H and O–H groups in total. The van der Waals surface area contributed by atoms with Gasteiger partial charge < -0.3 is 24.5 Å². The SMILES string of the molecule is CC(C)c1onc(COCCN(C)C(=O)c2cc[nH]c2C=O)c1-c1ccc2c(c1)CC(=O)N2. The summed E-state index contributed by atoms with van der Waals surface area (Å²) in [5.74, 6) is 0.601. The molecular formula is C24H26N4O5. The number of carbonyl (C=O) groups excluding carboxylic acids is 3. The van der Waals surface area contributed by atoms with Gasteiger partial charge in [0.05, 0.1) is 36.5 Å². The number of nitrogens with one attached hydrogen (secondary N) is 2. The van der Waals surface area contributed by atoms with E-state index >= 15 is 0 Å². The third kappa shape index (κ3) is 4.58. The molecule has 0 fully saturated rings. The Hall–Kier alpha value is -3.72. The summed E-state index contributed by atoms with van der Waals surface area (Å²) < 4.78 is 11.4. The molecule has 2 aromatic heterocycles. The van der Waals surface area contributed by atoms with Gasteiger partial charge in [0.2, 0.25) is 5.91 Å². The molecule has 0 spiro atoms. The number of hydrogen-bond donors (Lipinski definition) is 2. The van der Waals surface area contributed by atoms with Crippen LogP contribution in [0.4, 0.5) is 5.69 Å². The van der Waals surface area contributed by atoms with E-state index in [0.29, 0.717) is 30.5 Å². The topological polar surface area (TPSA) is 118 Å². The van der Waals surface area contributed by atoms with Gasteiger partial charge in [-0.05, 0) is 29.3 Å². The molecule has 0 aliphatic carbocycles. The van der Waals surface area contributed by atoms with Crippen LogP contribution in [0.3, 0.4) is 0 Å². The molecule has 0 atom stereocenters. The Balaban J connectivity index is 1.43. The number of fused-ring (bicyclic) bond motifs is 1. The number of likely N-dealkylation sites (N-methyl/N-ethyl adjacent to an activating group) is 1. The minimum Gasteiger partial charge on any atom is -0.373 e. The minimum atomic E-state index is -0.257. The van der Waals surface area contributed by atoms with Crippen molar-refractivity contribution in [3.63, 3.8) is 0 Å². The van der Waals surface area contributed by atoms with Crippen LogP contribution in [0.1, 0.15) is 57.6 Å². The Morgan fingerprint density at radius 1 is 1.33 bits per heavy atom. The molecule has 172 valence electrons. The van der Waals surface area contributed by atoms with Crippen LogP contribution in [0.25, 0.3) is 11.1 Å². The second-order valence-electron chi connectivity index (χ2n) is 8.32. The Kier molecular flexibility index (Phi) is 6.41. The summed E-state index contributed by atoms with van der Waals surface area (Å²) >= 11 is 0. The van der Waals surface area contributed by atoms with E-state index in [4.69, 9.17) is 9.26 Å². The van der Waals surface area contributed by atoms with Gasteiger partial charge in [0.15, 0.2) is 6.29 Å². The summed E-state index contributed by atoms with van der Waals surface area (Å²) in [5.41, 5.74) is 4.83. The van der Waals surface area contributed by atoms with E-state index < -0.39 is 0 Å². The number of aromatic nitrogens is 2. The smallest absolute Gasteiger partial charge is 0.255 e. The summed E-state index contributed by atoms with van der Waals surface area (Å²) in [4.78, 5) is 39.5. The zero-order chi connectivity index (χ0) is 23.5. The van der Waals surface area contributed by atoms with Gasteiger partial charge in [-0.1, -0.05) is 25.1 Å². The predicted octanol–water partition coefficient (Wildman–Crippen LogP) is 3.39. The van der Waals surface area contributed by atoms with Gasteiger partial charge in [-0.25, -0.2) is 0 Å².